The van der Waals surface area contributed by atoms with Crippen molar-refractivity contribution in [2.75, 3.05) is 6.54 Å². The summed E-state index contributed by atoms with van der Waals surface area (Å²) in [6.07, 6.45) is -0.775. The number of carbonyl (C=O) groups is 2. The van der Waals surface area contributed by atoms with Crippen LogP contribution in [0.4, 0.5) is 0 Å². The van der Waals surface area contributed by atoms with E-state index >= 15 is 0 Å². The van der Waals surface area contributed by atoms with E-state index in [4.69, 9.17) is 9.84 Å². The summed E-state index contributed by atoms with van der Waals surface area (Å²) >= 11 is 3.30. The van der Waals surface area contributed by atoms with Gasteiger partial charge in [0, 0.05) is 11.0 Å². The summed E-state index contributed by atoms with van der Waals surface area (Å²) < 4.78 is 6.28. The lowest BCUT2D eigenvalue weighted by Gasteiger charge is -2.14. The Labute approximate surface area is 113 Å². The van der Waals surface area contributed by atoms with E-state index in [1.165, 1.54) is 0 Å². The van der Waals surface area contributed by atoms with Gasteiger partial charge in [-0.05, 0) is 25.1 Å². The molecule has 0 aliphatic heterocycles. The van der Waals surface area contributed by atoms with Crippen molar-refractivity contribution in [1.82, 2.24) is 5.32 Å². The van der Waals surface area contributed by atoms with Gasteiger partial charge in [0.25, 0.3) is 5.91 Å². The van der Waals surface area contributed by atoms with Gasteiger partial charge >= 0.3 is 5.97 Å². The number of hydrogen-bond acceptors (Lipinski definition) is 3. The largest absolute Gasteiger partial charge is 0.481 e. The molecule has 0 spiro atoms. The zero-order valence-corrected chi connectivity index (χ0v) is 11.4. The van der Waals surface area contributed by atoms with Crippen LogP contribution < -0.4 is 10.1 Å². The topological polar surface area (TPSA) is 75.6 Å². The smallest absolute Gasteiger partial charge is 0.305 e. The summed E-state index contributed by atoms with van der Waals surface area (Å²) in [4.78, 5) is 21.9. The first-order chi connectivity index (χ1) is 8.49. The molecule has 0 aromatic heterocycles. The monoisotopic (exact) mass is 315 g/mol. The second-order valence-electron chi connectivity index (χ2n) is 3.65. The number of nitrogens with one attached hydrogen (secondary N) is 1. The van der Waals surface area contributed by atoms with Gasteiger partial charge in [0.15, 0.2) is 6.10 Å². The van der Waals surface area contributed by atoms with Crippen LogP contribution in [0.1, 0.15) is 13.3 Å². The minimum atomic E-state index is -0.948. The van der Waals surface area contributed by atoms with E-state index in [2.05, 4.69) is 21.2 Å². The quantitative estimate of drug-likeness (QED) is 0.839. The number of carboxylic acids is 1. The summed E-state index contributed by atoms with van der Waals surface area (Å²) in [7, 11) is 0. The van der Waals surface area contributed by atoms with E-state index in [1.54, 1.807) is 25.1 Å². The lowest BCUT2D eigenvalue weighted by atomic mass is 10.3. The van der Waals surface area contributed by atoms with Gasteiger partial charge in [0.1, 0.15) is 5.75 Å². The average molecular weight is 316 g/mol. The minimum absolute atomic E-state index is 0.0976. The van der Waals surface area contributed by atoms with Crippen molar-refractivity contribution in [3.05, 3.63) is 28.7 Å². The molecule has 0 aliphatic carbocycles. The Hall–Kier alpha value is -1.56. The van der Waals surface area contributed by atoms with Gasteiger partial charge < -0.3 is 15.2 Å². The number of halogens is 1. The highest BCUT2D eigenvalue weighted by Crippen LogP contribution is 2.18. The molecule has 0 heterocycles. The Morgan fingerprint density at radius 2 is 2.22 bits per heavy atom. The van der Waals surface area contributed by atoms with Gasteiger partial charge in [0.2, 0.25) is 0 Å². The van der Waals surface area contributed by atoms with E-state index < -0.39 is 12.1 Å². The molecule has 1 amide bonds. The number of ether oxygens (including phenoxy) is 1. The van der Waals surface area contributed by atoms with Crippen molar-refractivity contribution >= 4 is 27.8 Å². The van der Waals surface area contributed by atoms with Crippen LogP contribution in [0, 0.1) is 0 Å². The van der Waals surface area contributed by atoms with Gasteiger partial charge in [-0.1, -0.05) is 22.0 Å². The van der Waals surface area contributed by atoms with Crippen LogP contribution >= 0.6 is 15.9 Å². The van der Waals surface area contributed by atoms with Crippen LogP contribution in [0.15, 0.2) is 28.7 Å². The number of carboxylic acid groups (broad SMARTS) is 1. The molecule has 2 N–H and O–H groups in total. The van der Waals surface area contributed by atoms with Gasteiger partial charge in [-0.25, -0.2) is 0 Å². The molecule has 1 unspecified atom stereocenters. The fraction of sp³-hybridized carbons (Fsp3) is 0.333. The SMILES string of the molecule is CC(Oc1cccc(Br)c1)C(=O)NCCC(=O)O. The Morgan fingerprint density at radius 3 is 2.83 bits per heavy atom. The molecule has 1 rings (SSSR count). The first-order valence-electron chi connectivity index (χ1n) is 5.41. The highest BCUT2D eigenvalue weighted by Gasteiger charge is 2.14. The molecule has 0 radical (unpaired) electrons. The van der Waals surface area contributed by atoms with Crippen LogP contribution in [0.25, 0.3) is 0 Å². The van der Waals surface area contributed by atoms with E-state index in [9.17, 15) is 9.59 Å². The molecule has 1 aromatic rings. The Kier molecular flexibility index (Phi) is 5.64. The lowest BCUT2D eigenvalue weighted by molar-refractivity contribution is -0.137. The molecule has 0 aliphatic rings. The molecule has 98 valence electrons. The first-order valence-corrected chi connectivity index (χ1v) is 6.20. The fourth-order valence-electron chi connectivity index (χ4n) is 1.23. The summed E-state index contributed by atoms with van der Waals surface area (Å²) in [5.41, 5.74) is 0. The molecular weight excluding hydrogens is 302 g/mol. The van der Waals surface area contributed by atoms with E-state index in [0.29, 0.717) is 5.75 Å². The molecule has 0 bridgehead atoms. The van der Waals surface area contributed by atoms with E-state index in [0.717, 1.165) is 4.47 Å². The maximum atomic E-state index is 11.6. The van der Waals surface area contributed by atoms with Crippen LogP contribution in [0.2, 0.25) is 0 Å². The second-order valence-corrected chi connectivity index (χ2v) is 4.57. The van der Waals surface area contributed by atoms with E-state index in [-0.39, 0.29) is 18.9 Å². The first kappa shape index (κ1) is 14.5. The summed E-state index contributed by atoms with van der Waals surface area (Å²) in [6.45, 7) is 1.71. The molecule has 5 nitrogen and oxygen atoms in total. The fourth-order valence-corrected chi connectivity index (χ4v) is 1.61. The highest BCUT2D eigenvalue weighted by molar-refractivity contribution is 9.10. The third-order valence-electron chi connectivity index (χ3n) is 2.12. The summed E-state index contributed by atoms with van der Waals surface area (Å²) in [5.74, 6) is -0.711. The molecule has 0 saturated carbocycles. The van der Waals surface area contributed by atoms with Crippen LogP contribution in [-0.4, -0.2) is 29.6 Å². The van der Waals surface area contributed by atoms with Crippen molar-refractivity contribution in [1.29, 1.82) is 0 Å². The van der Waals surface area contributed by atoms with Crippen molar-refractivity contribution in [2.45, 2.75) is 19.4 Å². The molecule has 1 atom stereocenters. The maximum absolute atomic E-state index is 11.6. The Bertz CT molecular complexity index is 436. The van der Waals surface area contributed by atoms with Crippen LogP contribution in [-0.2, 0) is 9.59 Å². The second kappa shape index (κ2) is 7.00. The number of hydrogen-bond donors (Lipinski definition) is 2. The molecule has 18 heavy (non-hydrogen) atoms. The molecule has 0 saturated heterocycles. The third kappa shape index (κ3) is 5.18. The molecule has 0 fully saturated rings. The van der Waals surface area contributed by atoms with Crippen molar-refractivity contribution < 1.29 is 19.4 Å². The maximum Gasteiger partial charge on any atom is 0.305 e. The normalized spacial score (nSPS) is 11.7. The molecule has 1 aromatic carbocycles. The summed E-state index contributed by atoms with van der Waals surface area (Å²) in [6, 6.07) is 7.14. The Balaban J connectivity index is 2.42. The molecular formula is C12H14BrNO4. The summed E-state index contributed by atoms with van der Waals surface area (Å²) in [5, 5.41) is 10.9. The van der Waals surface area contributed by atoms with Crippen molar-refractivity contribution in [2.24, 2.45) is 0 Å². The number of aliphatic carboxylic acids is 1. The standard InChI is InChI=1S/C12H14BrNO4/c1-8(12(17)14-6-5-11(15)16)18-10-4-2-3-9(13)7-10/h2-4,7-8H,5-6H2,1H3,(H,14,17)(H,15,16). The van der Waals surface area contributed by atoms with Gasteiger partial charge in [-0.2, -0.15) is 0 Å². The van der Waals surface area contributed by atoms with Gasteiger partial charge in [-0.15, -0.1) is 0 Å². The van der Waals surface area contributed by atoms with Crippen LogP contribution in [0.5, 0.6) is 5.75 Å². The average Bonchev–Trinajstić information content (AvgIpc) is 2.28. The van der Waals surface area contributed by atoms with Gasteiger partial charge in [-0.3, -0.25) is 9.59 Å². The molecule has 6 heteroatoms. The van der Waals surface area contributed by atoms with Crippen molar-refractivity contribution in [3.63, 3.8) is 0 Å². The lowest BCUT2D eigenvalue weighted by Crippen LogP contribution is -2.37. The minimum Gasteiger partial charge on any atom is -0.481 e. The number of amides is 1. The highest BCUT2D eigenvalue weighted by atomic mass is 79.9. The van der Waals surface area contributed by atoms with Crippen LogP contribution in [0.3, 0.4) is 0 Å². The predicted molar refractivity (Wildman–Crippen MR) is 69.5 cm³/mol. The number of benzene rings is 1. The zero-order chi connectivity index (χ0) is 13.5. The van der Waals surface area contributed by atoms with Gasteiger partial charge in [0.05, 0.1) is 6.42 Å². The van der Waals surface area contributed by atoms with E-state index in [1.807, 2.05) is 6.07 Å². The number of carbonyl (C=O) groups excluding carboxylic acids is 1. The van der Waals surface area contributed by atoms with Crippen molar-refractivity contribution in [3.8, 4) is 5.75 Å². The zero-order valence-electron chi connectivity index (χ0n) is 9.85. The predicted octanol–water partition coefficient (Wildman–Crippen LogP) is 1.81. The Morgan fingerprint density at radius 1 is 1.50 bits per heavy atom. The third-order valence-corrected chi connectivity index (χ3v) is 2.61. The number of rotatable bonds is 6.